The van der Waals surface area contributed by atoms with E-state index < -0.39 is 21.0 Å². The molecule has 3 aromatic rings. The molecule has 1 aromatic carbocycles. The largest absolute Gasteiger partial charge is 0.384 e. The lowest BCUT2D eigenvalue weighted by Gasteiger charge is -2.15. The Kier molecular flexibility index (Phi) is 6.96. The molecule has 0 bridgehead atoms. The fourth-order valence-corrected chi connectivity index (χ4v) is 6.17. The van der Waals surface area contributed by atoms with Crippen LogP contribution in [0, 0.1) is 0 Å². The fourth-order valence-electron chi connectivity index (χ4n) is 3.19. The standard InChI is InChI=1S/C21H23N5O5S2/c1-31-6-7-33(29,30)19(20(28)24-11-18(27)25-15-3-4-15)21-26-16-5-2-13(8-17(16)32-21)14-9-22-12-23-10-14/h2,5,8-10,12,15,19H,3-4,6-7,11H2,1H3,(H,24,28)(H,25,27). The molecule has 33 heavy (non-hydrogen) atoms. The molecule has 2 heterocycles. The summed E-state index contributed by atoms with van der Waals surface area (Å²) in [6.07, 6.45) is 6.61. The molecule has 4 rings (SSSR count). The van der Waals surface area contributed by atoms with E-state index in [9.17, 15) is 18.0 Å². The fraction of sp³-hybridized carbons (Fsp3) is 0.381. The van der Waals surface area contributed by atoms with Crippen LogP contribution in [0.5, 0.6) is 0 Å². The van der Waals surface area contributed by atoms with Gasteiger partial charge in [-0.05, 0) is 30.5 Å². The molecule has 174 valence electrons. The third-order valence-electron chi connectivity index (χ3n) is 5.06. The zero-order valence-corrected chi connectivity index (χ0v) is 19.5. The Morgan fingerprint density at radius 3 is 2.67 bits per heavy atom. The number of thiazole rings is 1. The van der Waals surface area contributed by atoms with Crippen LogP contribution in [-0.4, -0.2) is 67.2 Å². The average molecular weight is 490 g/mol. The molecular formula is C21H23N5O5S2. The van der Waals surface area contributed by atoms with Gasteiger partial charge in [-0.3, -0.25) is 9.59 Å². The third kappa shape index (κ3) is 5.70. The van der Waals surface area contributed by atoms with Crippen LogP contribution < -0.4 is 10.6 Å². The number of nitrogens with one attached hydrogen (secondary N) is 2. The van der Waals surface area contributed by atoms with E-state index in [2.05, 4.69) is 25.6 Å². The average Bonchev–Trinajstić information content (AvgIpc) is 3.52. The normalized spacial score (nSPS) is 14.7. The minimum absolute atomic E-state index is 0.0582. The third-order valence-corrected chi connectivity index (χ3v) is 8.18. The molecule has 0 aliphatic heterocycles. The van der Waals surface area contributed by atoms with Crippen LogP contribution in [0.2, 0.25) is 0 Å². The van der Waals surface area contributed by atoms with E-state index in [1.807, 2.05) is 12.1 Å². The molecule has 0 radical (unpaired) electrons. The lowest BCUT2D eigenvalue weighted by Crippen LogP contribution is -2.41. The Morgan fingerprint density at radius 1 is 1.21 bits per heavy atom. The maximum absolute atomic E-state index is 13.0. The lowest BCUT2D eigenvalue weighted by atomic mass is 10.1. The van der Waals surface area contributed by atoms with Crippen LogP contribution in [0.25, 0.3) is 21.3 Å². The van der Waals surface area contributed by atoms with Crippen molar-refractivity contribution in [3.05, 3.63) is 41.9 Å². The van der Waals surface area contributed by atoms with Crippen molar-refractivity contribution in [2.24, 2.45) is 0 Å². The zero-order valence-electron chi connectivity index (χ0n) is 17.9. The molecule has 1 aliphatic rings. The van der Waals surface area contributed by atoms with Gasteiger partial charge in [0.15, 0.2) is 15.1 Å². The van der Waals surface area contributed by atoms with E-state index in [1.54, 1.807) is 18.5 Å². The highest BCUT2D eigenvalue weighted by Gasteiger charge is 2.37. The van der Waals surface area contributed by atoms with Crippen molar-refractivity contribution < 1.29 is 22.7 Å². The maximum atomic E-state index is 13.0. The summed E-state index contributed by atoms with van der Waals surface area (Å²) in [4.78, 5) is 37.4. The summed E-state index contributed by atoms with van der Waals surface area (Å²) < 4.78 is 31.7. The summed E-state index contributed by atoms with van der Waals surface area (Å²) >= 11 is 1.12. The van der Waals surface area contributed by atoms with Gasteiger partial charge in [0.05, 0.1) is 29.1 Å². The molecule has 0 spiro atoms. The minimum Gasteiger partial charge on any atom is -0.384 e. The van der Waals surface area contributed by atoms with Crippen LogP contribution in [0.15, 0.2) is 36.9 Å². The van der Waals surface area contributed by atoms with E-state index in [1.165, 1.54) is 13.4 Å². The zero-order chi connectivity index (χ0) is 23.4. The number of carbonyl (C=O) groups is 2. The van der Waals surface area contributed by atoms with Gasteiger partial charge in [0.25, 0.3) is 0 Å². The first-order valence-corrected chi connectivity index (χ1v) is 12.8. The van der Waals surface area contributed by atoms with Crippen LogP contribution in [0.1, 0.15) is 23.1 Å². The van der Waals surface area contributed by atoms with Crippen molar-refractivity contribution in [3.63, 3.8) is 0 Å². The molecule has 1 aliphatic carbocycles. The van der Waals surface area contributed by atoms with E-state index in [0.29, 0.717) is 5.52 Å². The Morgan fingerprint density at radius 2 is 1.97 bits per heavy atom. The smallest absolute Gasteiger partial charge is 0.245 e. The van der Waals surface area contributed by atoms with Gasteiger partial charge in [0.2, 0.25) is 11.8 Å². The summed E-state index contributed by atoms with van der Waals surface area (Å²) in [5, 5.41) is 3.82. The van der Waals surface area contributed by atoms with Crippen molar-refractivity contribution in [2.45, 2.75) is 24.1 Å². The molecule has 2 aromatic heterocycles. The van der Waals surface area contributed by atoms with Gasteiger partial charge in [0.1, 0.15) is 11.3 Å². The van der Waals surface area contributed by atoms with Gasteiger partial charge in [-0.25, -0.2) is 23.4 Å². The van der Waals surface area contributed by atoms with Crippen molar-refractivity contribution in [3.8, 4) is 11.1 Å². The molecule has 1 atom stereocenters. The number of benzene rings is 1. The first kappa shape index (κ1) is 23.2. The molecule has 12 heteroatoms. The van der Waals surface area contributed by atoms with Gasteiger partial charge in [-0.2, -0.15) is 0 Å². The Balaban J connectivity index is 1.62. The number of carbonyl (C=O) groups excluding carboxylic acids is 2. The van der Waals surface area contributed by atoms with Crippen molar-refractivity contribution >= 4 is 43.2 Å². The van der Waals surface area contributed by atoms with Gasteiger partial charge in [-0.1, -0.05) is 6.07 Å². The topological polar surface area (TPSA) is 140 Å². The second kappa shape index (κ2) is 9.89. The number of rotatable bonds is 10. The number of aromatic nitrogens is 3. The first-order chi connectivity index (χ1) is 15.9. The molecule has 1 unspecified atom stereocenters. The summed E-state index contributed by atoms with van der Waals surface area (Å²) in [5.41, 5.74) is 2.22. The second-order valence-electron chi connectivity index (χ2n) is 7.66. The molecular weight excluding hydrogens is 466 g/mol. The highest BCUT2D eigenvalue weighted by molar-refractivity contribution is 7.92. The van der Waals surface area contributed by atoms with E-state index in [-0.39, 0.29) is 35.9 Å². The van der Waals surface area contributed by atoms with Crippen molar-refractivity contribution in [1.29, 1.82) is 0 Å². The number of hydrogen-bond donors (Lipinski definition) is 2. The first-order valence-electron chi connectivity index (χ1n) is 10.3. The quantitative estimate of drug-likeness (QED) is 0.434. The lowest BCUT2D eigenvalue weighted by molar-refractivity contribution is -0.126. The van der Waals surface area contributed by atoms with Crippen LogP contribution in [-0.2, 0) is 24.2 Å². The van der Waals surface area contributed by atoms with Crippen molar-refractivity contribution in [2.75, 3.05) is 26.0 Å². The number of amides is 2. The Labute approximate surface area is 194 Å². The number of fused-ring (bicyclic) bond motifs is 1. The van der Waals surface area contributed by atoms with Crippen LogP contribution >= 0.6 is 11.3 Å². The summed E-state index contributed by atoms with van der Waals surface area (Å²) in [6, 6.07) is 5.59. The van der Waals surface area contributed by atoms with Crippen LogP contribution in [0.3, 0.4) is 0 Å². The predicted octanol–water partition coefficient (Wildman–Crippen LogP) is 1.25. The molecule has 10 nitrogen and oxygen atoms in total. The van der Waals surface area contributed by atoms with E-state index in [4.69, 9.17) is 4.74 Å². The van der Waals surface area contributed by atoms with Gasteiger partial charge < -0.3 is 15.4 Å². The number of methoxy groups -OCH3 is 1. The molecule has 2 amide bonds. The van der Waals surface area contributed by atoms with E-state index >= 15 is 0 Å². The number of hydrogen-bond acceptors (Lipinski definition) is 9. The number of nitrogens with zero attached hydrogens (tertiary/aromatic N) is 3. The van der Waals surface area contributed by atoms with Gasteiger partial charge >= 0.3 is 0 Å². The Bertz CT molecular complexity index is 1260. The van der Waals surface area contributed by atoms with E-state index in [0.717, 1.165) is 40.0 Å². The molecule has 1 fully saturated rings. The SMILES string of the molecule is COCCS(=O)(=O)C(C(=O)NCC(=O)NC1CC1)c1nc2ccc(-c3cncnc3)cc2s1. The maximum Gasteiger partial charge on any atom is 0.245 e. The second-order valence-corrected chi connectivity index (χ2v) is 10.9. The summed E-state index contributed by atoms with van der Waals surface area (Å²) in [6.45, 7) is -0.355. The van der Waals surface area contributed by atoms with Gasteiger partial charge in [-0.15, -0.1) is 11.3 Å². The molecule has 1 saturated carbocycles. The molecule has 2 N–H and O–H groups in total. The Hall–Kier alpha value is -2.96. The van der Waals surface area contributed by atoms with Crippen LogP contribution in [0.4, 0.5) is 0 Å². The number of sulfone groups is 1. The monoisotopic (exact) mass is 489 g/mol. The highest BCUT2D eigenvalue weighted by Crippen LogP contribution is 2.34. The van der Waals surface area contributed by atoms with Gasteiger partial charge in [0, 0.05) is 31.1 Å². The summed E-state index contributed by atoms with van der Waals surface area (Å²) in [7, 11) is -2.56. The highest BCUT2D eigenvalue weighted by atomic mass is 32.2. The predicted molar refractivity (Wildman–Crippen MR) is 123 cm³/mol. The van der Waals surface area contributed by atoms with Crippen molar-refractivity contribution in [1.82, 2.24) is 25.6 Å². The summed E-state index contributed by atoms with van der Waals surface area (Å²) in [5.74, 6) is -1.48. The minimum atomic E-state index is -3.95. The number of ether oxygens (including phenoxy) is 1. The molecule has 0 saturated heterocycles.